The maximum Gasteiger partial charge on any atom is 0.354 e. The Hall–Kier alpha value is -5.76. The van der Waals surface area contributed by atoms with Crippen molar-refractivity contribution in [3.05, 3.63) is 82.2 Å². The summed E-state index contributed by atoms with van der Waals surface area (Å²) in [5.74, 6) is -1.22. The zero-order chi connectivity index (χ0) is 45.6. The minimum absolute atomic E-state index is 0.0717. The van der Waals surface area contributed by atoms with Gasteiger partial charge in [0.05, 0.1) is 0 Å². The van der Waals surface area contributed by atoms with Crippen molar-refractivity contribution in [2.45, 2.75) is 109 Å². The van der Waals surface area contributed by atoms with Crippen molar-refractivity contribution in [3.8, 4) is 0 Å². The normalized spacial score (nSPS) is 11.8. The fourth-order valence-electron chi connectivity index (χ4n) is 5.98. The molecule has 20 heteroatoms. The van der Waals surface area contributed by atoms with Crippen LogP contribution in [0.4, 0.5) is 21.0 Å². The van der Waals surface area contributed by atoms with Gasteiger partial charge in [-0.3, -0.25) is 14.2 Å². The van der Waals surface area contributed by atoms with Gasteiger partial charge in [0.1, 0.15) is 11.4 Å². The maximum atomic E-state index is 12.8. The van der Waals surface area contributed by atoms with Crippen LogP contribution in [0.5, 0.6) is 0 Å². The molecule has 0 fully saturated rings. The van der Waals surface area contributed by atoms with E-state index in [1.54, 1.807) is 7.05 Å². The fraction of sp³-hybridized carbons (Fsp3) is 0.450. The number of urea groups is 2. The number of amides is 5. The molecule has 0 bridgehead atoms. The van der Waals surface area contributed by atoms with E-state index < -0.39 is 48.1 Å². The highest BCUT2D eigenvalue weighted by molar-refractivity contribution is 7.90. The molecule has 0 aliphatic heterocycles. The third-order valence-electron chi connectivity index (χ3n) is 9.48. The molecule has 0 spiro atoms. The van der Waals surface area contributed by atoms with Gasteiger partial charge >= 0.3 is 18.0 Å². The average molecular weight is 872 g/mol. The van der Waals surface area contributed by atoms with Crippen LogP contribution in [0, 0.1) is 0 Å². The van der Waals surface area contributed by atoms with Gasteiger partial charge in [-0.2, -0.15) is 27.0 Å². The fourth-order valence-corrected chi connectivity index (χ4v) is 7.77. The van der Waals surface area contributed by atoms with E-state index in [4.69, 9.17) is 5.11 Å². The topological polar surface area (TPSA) is 244 Å². The number of hydrogen-bond acceptors (Lipinski definition) is 10. The predicted octanol–water partition coefficient (Wildman–Crippen LogP) is 6.53. The molecule has 4 rings (SSSR count). The molecule has 0 saturated carbocycles. The number of carboxylic acids is 1. The van der Waals surface area contributed by atoms with E-state index >= 15 is 0 Å². The van der Waals surface area contributed by atoms with E-state index in [1.807, 2.05) is 115 Å². The Balaban J connectivity index is 0.000000323. The SMILES string of the molecule is CC(C)c1cccc(C(C)C)c1NC(=O)NS(=O)(=O)c1cc(C(=O)N(C)C(C)C)n(C)n1.CC(C)c1cccc(C(C)C)c1NC(=O)NS(=O)(=O)c1cc(C(=O)O)n(C)n1. The summed E-state index contributed by atoms with van der Waals surface area (Å²) < 4.78 is 56.4. The molecule has 2 heterocycles. The molecule has 5 amide bonds. The number of carboxylic acid groups (broad SMARTS) is 1. The molecule has 0 aliphatic carbocycles. The first kappa shape index (κ1) is 48.6. The van der Waals surface area contributed by atoms with Gasteiger partial charge in [0.2, 0.25) is 0 Å². The number of para-hydroxylation sites is 2. The summed E-state index contributed by atoms with van der Waals surface area (Å²) in [6.07, 6.45) is 0. The summed E-state index contributed by atoms with van der Waals surface area (Å²) >= 11 is 0. The van der Waals surface area contributed by atoms with Gasteiger partial charge in [-0.25, -0.2) is 23.8 Å². The Morgan fingerprint density at radius 2 is 0.917 bits per heavy atom. The second-order valence-electron chi connectivity index (χ2n) is 15.7. The Labute approximate surface area is 352 Å². The number of nitrogens with zero attached hydrogens (tertiary/aromatic N) is 5. The number of aromatic nitrogens is 4. The second-order valence-corrected chi connectivity index (χ2v) is 18.9. The second kappa shape index (κ2) is 19.5. The Morgan fingerprint density at radius 1 is 0.600 bits per heavy atom. The van der Waals surface area contributed by atoms with Crippen LogP contribution >= 0.6 is 0 Å². The lowest BCUT2D eigenvalue weighted by molar-refractivity contribution is 0.0683. The molecule has 0 radical (unpaired) electrons. The van der Waals surface area contributed by atoms with E-state index in [-0.39, 0.29) is 47.0 Å². The molecule has 5 N–H and O–H groups in total. The summed E-state index contributed by atoms with van der Waals surface area (Å²) in [7, 11) is -4.22. The highest BCUT2D eigenvalue weighted by Gasteiger charge is 2.28. The molecule has 2 aromatic heterocycles. The number of sulfonamides is 2. The number of aryl methyl sites for hydroxylation is 2. The molecule has 2 aromatic carbocycles. The Morgan fingerprint density at radius 3 is 1.20 bits per heavy atom. The molecular formula is C40H57N9O9S2. The number of carbonyl (C=O) groups excluding carboxylic acids is 3. The monoisotopic (exact) mass is 871 g/mol. The van der Waals surface area contributed by atoms with Crippen LogP contribution in [0.15, 0.2) is 58.6 Å². The highest BCUT2D eigenvalue weighted by Crippen LogP contribution is 2.33. The number of aromatic carboxylic acids is 1. The first-order valence-corrected chi connectivity index (χ1v) is 22.2. The third-order valence-corrected chi connectivity index (χ3v) is 11.9. The number of nitrogens with one attached hydrogen (secondary N) is 4. The summed E-state index contributed by atoms with van der Waals surface area (Å²) in [6, 6.07) is 11.5. The molecular weight excluding hydrogens is 815 g/mol. The largest absolute Gasteiger partial charge is 0.477 e. The van der Waals surface area contributed by atoms with Crippen LogP contribution in [-0.4, -0.2) is 83.4 Å². The lowest BCUT2D eigenvalue weighted by Crippen LogP contribution is -2.35. The Bertz CT molecular complexity index is 2400. The van der Waals surface area contributed by atoms with Crippen LogP contribution in [-0.2, 0) is 34.1 Å². The van der Waals surface area contributed by atoms with Gasteiger partial charge in [0.15, 0.2) is 10.1 Å². The van der Waals surface area contributed by atoms with Crippen molar-refractivity contribution in [2.75, 3.05) is 17.7 Å². The van der Waals surface area contributed by atoms with Gasteiger partial charge in [0, 0.05) is 50.7 Å². The first-order chi connectivity index (χ1) is 27.7. The molecule has 18 nitrogen and oxygen atoms in total. The van der Waals surface area contributed by atoms with Gasteiger partial charge in [0.25, 0.3) is 26.0 Å². The zero-order valence-electron chi connectivity index (χ0n) is 36.3. The number of rotatable bonds is 13. The van der Waals surface area contributed by atoms with Crippen LogP contribution in [0.1, 0.15) is 136 Å². The van der Waals surface area contributed by atoms with Gasteiger partial charge in [-0.15, -0.1) is 0 Å². The van der Waals surface area contributed by atoms with Gasteiger partial charge in [-0.05, 0) is 59.8 Å². The minimum Gasteiger partial charge on any atom is -0.477 e. The molecule has 0 unspecified atom stereocenters. The highest BCUT2D eigenvalue weighted by atomic mass is 32.2. The molecule has 328 valence electrons. The summed E-state index contributed by atoms with van der Waals surface area (Å²) in [5.41, 5.74) is 4.53. The number of anilines is 2. The maximum absolute atomic E-state index is 12.8. The molecule has 0 aliphatic rings. The van der Waals surface area contributed by atoms with Gasteiger partial charge < -0.3 is 20.6 Å². The van der Waals surface area contributed by atoms with Crippen LogP contribution in [0.2, 0.25) is 0 Å². The first-order valence-electron chi connectivity index (χ1n) is 19.2. The van der Waals surface area contributed by atoms with Crippen molar-refractivity contribution in [1.82, 2.24) is 33.9 Å². The number of hydrogen-bond donors (Lipinski definition) is 5. The standard InChI is InChI=1S/C22H33N5O4S.C18H24N4O5S/c1-13(2)16-10-9-11-17(14(3)4)20(16)23-22(29)25-32(30,31)19-12-18(27(8)24-19)21(28)26(7)15(5)6;1-10(2)12-7-6-8-13(11(3)4)16(12)19-18(25)21-28(26,27)15-9-14(17(23)24)22(5)20-15/h9-15H,1-8H3,(H2,23,25,29);6-11H,1-5H3,(H,23,24)(H2,19,21,25). The third kappa shape index (κ3) is 11.7. The summed E-state index contributed by atoms with van der Waals surface area (Å²) in [5, 5.41) is 21.0. The average Bonchev–Trinajstić information content (AvgIpc) is 3.74. The Kier molecular flexibility index (Phi) is 15.8. The van der Waals surface area contributed by atoms with Gasteiger partial charge in [-0.1, -0.05) is 91.8 Å². The van der Waals surface area contributed by atoms with E-state index in [2.05, 4.69) is 20.8 Å². The minimum atomic E-state index is -4.34. The van der Waals surface area contributed by atoms with Crippen LogP contribution in [0.25, 0.3) is 0 Å². The lowest BCUT2D eigenvalue weighted by atomic mass is 9.93. The van der Waals surface area contributed by atoms with Crippen molar-refractivity contribution in [1.29, 1.82) is 0 Å². The van der Waals surface area contributed by atoms with E-state index in [9.17, 15) is 36.0 Å². The molecule has 4 aromatic rings. The number of benzene rings is 2. The molecule has 0 atom stereocenters. The summed E-state index contributed by atoms with van der Waals surface area (Å²) in [6.45, 7) is 19.6. The van der Waals surface area contributed by atoms with Crippen LogP contribution in [0.3, 0.4) is 0 Å². The molecule has 60 heavy (non-hydrogen) atoms. The number of carbonyl (C=O) groups is 4. The predicted molar refractivity (Wildman–Crippen MR) is 229 cm³/mol. The van der Waals surface area contributed by atoms with Crippen LogP contribution < -0.4 is 20.1 Å². The van der Waals surface area contributed by atoms with Crippen molar-refractivity contribution in [3.63, 3.8) is 0 Å². The van der Waals surface area contributed by atoms with Crippen molar-refractivity contribution in [2.24, 2.45) is 14.1 Å². The van der Waals surface area contributed by atoms with Crippen molar-refractivity contribution >= 4 is 55.4 Å². The zero-order valence-corrected chi connectivity index (χ0v) is 37.9. The van der Waals surface area contributed by atoms with E-state index in [0.29, 0.717) is 11.4 Å². The smallest absolute Gasteiger partial charge is 0.354 e. The quantitative estimate of drug-likeness (QED) is 0.0967. The lowest BCUT2D eigenvalue weighted by Gasteiger charge is -2.21. The summed E-state index contributed by atoms with van der Waals surface area (Å²) in [4.78, 5) is 50.2. The molecule has 0 saturated heterocycles. The van der Waals surface area contributed by atoms with Crippen molar-refractivity contribution < 1.29 is 41.1 Å². The van der Waals surface area contributed by atoms with E-state index in [1.165, 1.54) is 29.7 Å². The van der Waals surface area contributed by atoms with E-state index in [0.717, 1.165) is 33.0 Å².